The molecule has 1 unspecified atom stereocenters. The van der Waals surface area contributed by atoms with Crippen molar-refractivity contribution < 1.29 is 14.1 Å². The van der Waals surface area contributed by atoms with Crippen LogP contribution in [-0.2, 0) is 11.3 Å². The molecule has 1 fully saturated rings. The van der Waals surface area contributed by atoms with Crippen LogP contribution in [0, 0.1) is 13.8 Å². The summed E-state index contributed by atoms with van der Waals surface area (Å²) in [5.74, 6) is 1.97. The summed E-state index contributed by atoms with van der Waals surface area (Å²) in [6, 6.07) is 14.0. The molecule has 1 aromatic heterocycles. The van der Waals surface area contributed by atoms with Gasteiger partial charge in [0.05, 0.1) is 12.5 Å². The zero-order valence-electron chi connectivity index (χ0n) is 17.0. The van der Waals surface area contributed by atoms with Gasteiger partial charge in [-0.25, -0.2) is 0 Å². The van der Waals surface area contributed by atoms with Gasteiger partial charge >= 0.3 is 0 Å². The molecule has 1 amide bonds. The minimum Gasteiger partial charge on any atom is -0.494 e. The highest BCUT2D eigenvalue weighted by Crippen LogP contribution is 2.30. The van der Waals surface area contributed by atoms with Crippen LogP contribution in [0.25, 0.3) is 11.4 Å². The molecule has 0 spiro atoms. The number of benzene rings is 2. The molecule has 0 N–H and O–H groups in total. The molecule has 2 aromatic carbocycles. The number of aryl methyl sites for hydroxylation is 2. The minimum absolute atomic E-state index is 0.0713. The molecule has 0 radical (unpaired) electrons. The average Bonchev–Trinajstić information content (AvgIpc) is 3.33. The molecule has 2 heterocycles. The number of carbonyl (C=O) groups excluding carboxylic acids is 1. The fourth-order valence-corrected chi connectivity index (χ4v) is 3.57. The first-order valence-electron chi connectivity index (χ1n) is 9.94. The molecule has 1 saturated heterocycles. The van der Waals surface area contributed by atoms with Crippen molar-refractivity contribution in [1.82, 2.24) is 15.0 Å². The van der Waals surface area contributed by atoms with Gasteiger partial charge in [-0.15, -0.1) is 0 Å². The van der Waals surface area contributed by atoms with Crippen LogP contribution < -0.4 is 4.74 Å². The fourth-order valence-electron chi connectivity index (χ4n) is 3.57. The van der Waals surface area contributed by atoms with Crippen LogP contribution in [-0.4, -0.2) is 34.1 Å². The van der Waals surface area contributed by atoms with Gasteiger partial charge in [0.1, 0.15) is 5.75 Å². The van der Waals surface area contributed by atoms with Crippen LogP contribution in [0.15, 0.2) is 47.0 Å². The first kappa shape index (κ1) is 19.2. The van der Waals surface area contributed by atoms with E-state index >= 15 is 0 Å². The van der Waals surface area contributed by atoms with E-state index in [1.807, 2.05) is 42.2 Å². The molecule has 3 aromatic rings. The van der Waals surface area contributed by atoms with Gasteiger partial charge in [0.2, 0.25) is 17.6 Å². The zero-order valence-corrected chi connectivity index (χ0v) is 17.0. The number of hydrogen-bond donors (Lipinski definition) is 0. The Hall–Kier alpha value is -3.15. The monoisotopic (exact) mass is 391 g/mol. The number of aromatic nitrogens is 2. The molecule has 1 aliphatic heterocycles. The lowest BCUT2D eigenvalue weighted by atomic mass is 10.1. The summed E-state index contributed by atoms with van der Waals surface area (Å²) in [7, 11) is 0. The van der Waals surface area contributed by atoms with Crippen LogP contribution in [0.5, 0.6) is 5.75 Å². The largest absolute Gasteiger partial charge is 0.494 e. The van der Waals surface area contributed by atoms with Crippen LogP contribution in [0.4, 0.5) is 0 Å². The summed E-state index contributed by atoms with van der Waals surface area (Å²) in [5.41, 5.74) is 4.41. The number of hydrogen-bond acceptors (Lipinski definition) is 5. The van der Waals surface area contributed by atoms with Gasteiger partial charge in [0, 0.05) is 25.1 Å². The summed E-state index contributed by atoms with van der Waals surface area (Å²) in [4.78, 5) is 18.9. The van der Waals surface area contributed by atoms with E-state index in [1.54, 1.807) is 0 Å². The van der Waals surface area contributed by atoms with Gasteiger partial charge in [-0.05, 0) is 55.7 Å². The van der Waals surface area contributed by atoms with Crippen LogP contribution in [0.3, 0.4) is 0 Å². The van der Waals surface area contributed by atoms with Crippen molar-refractivity contribution in [2.45, 2.75) is 39.7 Å². The van der Waals surface area contributed by atoms with Crippen molar-refractivity contribution in [3.63, 3.8) is 0 Å². The quantitative estimate of drug-likeness (QED) is 0.628. The van der Waals surface area contributed by atoms with E-state index in [0.29, 0.717) is 37.8 Å². The molecule has 1 aliphatic rings. The molecule has 0 aliphatic carbocycles. The fraction of sp³-hybridized carbons (Fsp3) is 0.348. The highest BCUT2D eigenvalue weighted by atomic mass is 16.5. The first-order valence-corrected chi connectivity index (χ1v) is 9.94. The Balaban J connectivity index is 1.44. The van der Waals surface area contributed by atoms with E-state index < -0.39 is 0 Å². The van der Waals surface area contributed by atoms with E-state index in [1.165, 1.54) is 11.1 Å². The summed E-state index contributed by atoms with van der Waals surface area (Å²) in [5, 5.41) is 4.13. The van der Waals surface area contributed by atoms with Gasteiger partial charge < -0.3 is 14.2 Å². The summed E-state index contributed by atoms with van der Waals surface area (Å²) >= 11 is 0. The Morgan fingerprint density at radius 3 is 2.66 bits per heavy atom. The minimum atomic E-state index is -0.0713. The standard InChI is InChI=1S/C23H25N3O3/c1-4-28-20-9-6-17(7-10-20)13-26-14-19(12-21(26)27)23-24-22(25-29-23)18-8-5-15(2)16(3)11-18/h5-11,19H,4,12-14H2,1-3H3. The second-order valence-corrected chi connectivity index (χ2v) is 7.51. The van der Waals surface area contributed by atoms with Crippen molar-refractivity contribution in [3.8, 4) is 17.1 Å². The van der Waals surface area contributed by atoms with Crippen LogP contribution >= 0.6 is 0 Å². The Kier molecular flexibility index (Phi) is 5.34. The van der Waals surface area contributed by atoms with Crippen LogP contribution in [0.2, 0.25) is 0 Å². The maximum Gasteiger partial charge on any atom is 0.232 e. The SMILES string of the molecule is CCOc1ccc(CN2CC(c3nc(-c4ccc(C)c(C)c4)no3)CC2=O)cc1. The highest BCUT2D eigenvalue weighted by Gasteiger charge is 2.34. The van der Waals surface area contributed by atoms with Gasteiger partial charge in [0.25, 0.3) is 0 Å². The third-order valence-corrected chi connectivity index (χ3v) is 5.38. The van der Waals surface area contributed by atoms with E-state index in [0.717, 1.165) is 16.9 Å². The van der Waals surface area contributed by atoms with Gasteiger partial charge in [0.15, 0.2) is 0 Å². The van der Waals surface area contributed by atoms with Crippen LogP contribution in [0.1, 0.15) is 41.8 Å². The van der Waals surface area contributed by atoms with E-state index in [2.05, 4.69) is 36.1 Å². The third-order valence-electron chi connectivity index (χ3n) is 5.38. The number of nitrogens with zero attached hydrogens (tertiary/aromatic N) is 3. The van der Waals surface area contributed by atoms with Gasteiger partial charge in [-0.2, -0.15) is 4.98 Å². The molecule has 1 atom stereocenters. The smallest absolute Gasteiger partial charge is 0.232 e. The van der Waals surface area contributed by atoms with E-state index in [-0.39, 0.29) is 11.8 Å². The maximum absolute atomic E-state index is 12.5. The lowest BCUT2D eigenvalue weighted by Crippen LogP contribution is -2.24. The Morgan fingerprint density at radius 1 is 1.14 bits per heavy atom. The molecule has 150 valence electrons. The average molecular weight is 391 g/mol. The molecular weight excluding hydrogens is 366 g/mol. The van der Waals surface area contributed by atoms with Crippen molar-refractivity contribution in [1.29, 1.82) is 0 Å². The predicted molar refractivity (Wildman–Crippen MR) is 110 cm³/mol. The number of amides is 1. The molecule has 4 rings (SSSR count). The summed E-state index contributed by atoms with van der Waals surface area (Å²) < 4.78 is 11.0. The van der Waals surface area contributed by atoms with Crippen molar-refractivity contribution in [2.24, 2.45) is 0 Å². The first-order chi connectivity index (χ1) is 14.0. The van der Waals surface area contributed by atoms with Gasteiger partial charge in [-0.3, -0.25) is 4.79 Å². The zero-order chi connectivity index (χ0) is 20.4. The van der Waals surface area contributed by atoms with Crippen molar-refractivity contribution >= 4 is 5.91 Å². The van der Waals surface area contributed by atoms with E-state index in [9.17, 15) is 4.79 Å². The number of ether oxygens (including phenoxy) is 1. The second-order valence-electron chi connectivity index (χ2n) is 7.51. The molecule has 6 heteroatoms. The molecule has 0 bridgehead atoms. The number of carbonyl (C=O) groups is 1. The Morgan fingerprint density at radius 2 is 1.93 bits per heavy atom. The molecule has 6 nitrogen and oxygen atoms in total. The normalized spacial score (nSPS) is 16.4. The Bertz CT molecular complexity index is 1010. The predicted octanol–water partition coefficient (Wildman–Crippen LogP) is 4.27. The summed E-state index contributed by atoms with van der Waals surface area (Å²) in [6.07, 6.45) is 0.394. The molecular formula is C23H25N3O3. The molecule has 29 heavy (non-hydrogen) atoms. The lowest BCUT2D eigenvalue weighted by Gasteiger charge is -2.16. The Labute approximate surface area is 170 Å². The number of likely N-dealkylation sites (tertiary alicyclic amines) is 1. The third kappa shape index (κ3) is 4.16. The lowest BCUT2D eigenvalue weighted by molar-refractivity contribution is -0.128. The highest BCUT2D eigenvalue weighted by molar-refractivity contribution is 5.79. The van der Waals surface area contributed by atoms with Gasteiger partial charge in [-0.1, -0.05) is 29.4 Å². The summed E-state index contributed by atoms with van der Waals surface area (Å²) in [6.45, 7) is 7.89. The second kappa shape index (κ2) is 8.07. The molecule has 0 saturated carbocycles. The van der Waals surface area contributed by atoms with Crippen molar-refractivity contribution in [2.75, 3.05) is 13.2 Å². The maximum atomic E-state index is 12.5. The number of rotatable bonds is 6. The van der Waals surface area contributed by atoms with E-state index in [4.69, 9.17) is 9.26 Å². The van der Waals surface area contributed by atoms with Crippen molar-refractivity contribution in [3.05, 3.63) is 65.0 Å². The topological polar surface area (TPSA) is 68.5 Å².